The average Bonchev–Trinajstić information content (AvgIpc) is 3.11. The molecule has 0 fully saturated rings. The fourth-order valence-electron chi connectivity index (χ4n) is 1.96. The number of ether oxygens (including phenoxy) is 1. The van der Waals surface area contributed by atoms with Gasteiger partial charge in [-0.15, -0.1) is 22.0 Å². The summed E-state index contributed by atoms with van der Waals surface area (Å²) in [4.78, 5) is 15.7. The molecule has 3 rings (SSSR count). The van der Waals surface area contributed by atoms with Crippen LogP contribution in [0.5, 0.6) is 5.88 Å². The highest BCUT2D eigenvalue weighted by Gasteiger charge is 2.42. The van der Waals surface area contributed by atoms with Gasteiger partial charge in [0.1, 0.15) is 5.56 Å². The first kappa shape index (κ1) is 17.9. The van der Waals surface area contributed by atoms with E-state index in [2.05, 4.69) is 19.9 Å². The van der Waals surface area contributed by atoms with Crippen molar-refractivity contribution in [1.29, 1.82) is 0 Å². The maximum atomic E-state index is 12.4. The molecule has 26 heavy (non-hydrogen) atoms. The number of aromatic nitrogens is 3. The predicted octanol–water partition coefficient (Wildman–Crippen LogP) is 3.99. The molecule has 0 atom stereocenters. The molecule has 0 amide bonds. The quantitative estimate of drug-likeness (QED) is 0.499. The van der Waals surface area contributed by atoms with Crippen LogP contribution < -0.4 is 4.74 Å². The molecule has 0 bridgehead atoms. The molecule has 0 N–H and O–H groups in total. The van der Waals surface area contributed by atoms with Crippen molar-refractivity contribution >= 4 is 17.7 Å². The fraction of sp³-hybridized carbons (Fsp3) is 0.125. The van der Waals surface area contributed by atoms with Gasteiger partial charge in [-0.1, -0.05) is 0 Å². The van der Waals surface area contributed by atoms with E-state index < -0.39 is 18.0 Å². The highest BCUT2D eigenvalue weighted by Crippen LogP contribution is 2.31. The van der Waals surface area contributed by atoms with Crippen LogP contribution in [0, 0.1) is 0 Å². The monoisotopic (exact) mass is 381 g/mol. The number of hydrogen-bond donors (Lipinski definition) is 0. The first-order chi connectivity index (χ1) is 12.4. The molecule has 0 aliphatic rings. The van der Waals surface area contributed by atoms with Gasteiger partial charge in [0.05, 0.1) is 0 Å². The zero-order valence-corrected chi connectivity index (χ0v) is 14.0. The van der Waals surface area contributed by atoms with Crippen LogP contribution in [-0.4, -0.2) is 33.6 Å². The largest absolute Gasteiger partial charge is 0.491 e. The van der Waals surface area contributed by atoms with Crippen molar-refractivity contribution in [2.45, 2.75) is 11.1 Å². The smallest absolute Gasteiger partial charge is 0.416 e. The summed E-state index contributed by atoms with van der Waals surface area (Å²) < 4.78 is 47.0. The average molecular weight is 381 g/mol. The van der Waals surface area contributed by atoms with Gasteiger partial charge in [0.15, 0.2) is 0 Å². The summed E-state index contributed by atoms with van der Waals surface area (Å²) in [6, 6.07) is 10.1. The van der Waals surface area contributed by atoms with Gasteiger partial charge in [-0.3, -0.25) is 0 Å². The van der Waals surface area contributed by atoms with Crippen molar-refractivity contribution in [2.24, 2.45) is 0 Å². The van der Waals surface area contributed by atoms with Gasteiger partial charge >= 0.3 is 12.1 Å². The number of halogens is 3. The van der Waals surface area contributed by atoms with Crippen LogP contribution in [0.15, 0.2) is 51.9 Å². The normalized spacial score (nSPS) is 11.4. The Balaban J connectivity index is 1.91. The van der Waals surface area contributed by atoms with Crippen LogP contribution in [0.2, 0.25) is 0 Å². The van der Waals surface area contributed by atoms with Gasteiger partial charge in [-0.05, 0) is 42.7 Å². The van der Waals surface area contributed by atoms with Crippen LogP contribution in [0.1, 0.15) is 0 Å². The molecule has 134 valence electrons. The van der Waals surface area contributed by atoms with Crippen LogP contribution in [0.3, 0.4) is 0 Å². The minimum absolute atomic E-state index is 0.0235. The fourth-order valence-corrected chi connectivity index (χ4v) is 2.37. The third-order valence-electron chi connectivity index (χ3n) is 3.18. The number of benzene rings is 1. The molecule has 0 saturated carbocycles. The summed E-state index contributed by atoms with van der Waals surface area (Å²) >= 11 is 1.57. The van der Waals surface area contributed by atoms with E-state index in [-0.39, 0.29) is 17.3 Å². The Bertz CT molecular complexity index is 926. The minimum Gasteiger partial charge on any atom is -0.416 e. The number of nitrogens with zero attached hydrogens (tertiary/aromatic N) is 3. The van der Waals surface area contributed by atoms with Gasteiger partial charge in [-0.2, -0.15) is 13.2 Å². The summed E-state index contributed by atoms with van der Waals surface area (Å²) in [6.45, 7) is 0. The molecule has 3 aromatic rings. The van der Waals surface area contributed by atoms with E-state index in [4.69, 9.17) is 4.42 Å². The van der Waals surface area contributed by atoms with Gasteiger partial charge in [-0.25, -0.2) is 9.78 Å². The van der Waals surface area contributed by atoms with Crippen molar-refractivity contribution in [3.8, 4) is 28.8 Å². The zero-order valence-electron chi connectivity index (χ0n) is 13.1. The molecular weight excluding hydrogens is 371 g/mol. The van der Waals surface area contributed by atoms with Crippen LogP contribution in [-0.2, 0) is 4.79 Å². The highest BCUT2D eigenvalue weighted by atomic mass is 32.2. The Hall–Kier alpha value is -2.88. The first-order valence-electron chi connectivity index (χ1n) is 7.11. The molecule has 1 aromatic carbocycles. The Morgan fingerprint density at radius 2 is 1.81 bits per heavy atom. The summed E-state index contributed by atoms with van der Waals surface area (Å²) in [5.41, 5.74) is 0.615. The second-order valence-electron chi connectivity index (χ2n) is 4.88. The summed E-state index contributed by atoms with van der Waals surface area (Å²) in [7, 11) is 0. The Labute approximate surface area is 149 Å². The highest BCUT2D eigenvalue weighted by molar-refractivity contribution is 7.98. The number of alkyl halides is 3. The van der Waals surface area contributed by atoms with Crippen molar-refractivity contribution in [3.05, 3.63) is 42.6 Å². The van der Waals surface area contributed by atoms with E-state index in [9.17, 15) is 18.0 Å². The molecular formula is C16H10F3N3O3S. The lowest BCUT2D eigenvalue weighted by Gasteiger charge is -2.07. The number of hydrogen-bond acceptors (Lipinski definition) is 7. The molecule has 0 aliphatic heterocycles. The third-order valence-corrected chi connectivity index (χ3v) is 3.93. The van der Waals surface area contributed by atoms with Crippen LogP contribution in [0.4, 0.5) is 13.2 Å². The number of thioether (sulfide) groups is 1. The van der Waals surface area contributed by atoms with Crippen molar-refractivity contribution in [3.63, 3.8) is 0 Å². The topological polar surface area (TPSA) is 78.1 Å². The van der Waals surface area contributed by atoms with Crippen molar-refractivity contribution in [2.75, 3.05) is 6.26 Å². The van der Waals surface area contributed by atoms with E-state index in [0.717, 1.165) is 4.90 Å². The molecule has 0 unspecified atom stereocenters. The second kappa shape index (κ2) is 7.16. The van der Waals surface area contributed by atoms with Crippen LogP contribution >= 0.6 is 11.8 Å². The number of carbonyl (C=O) groups excluding carboxylic acids is 1. The van der Waals surface area contributed by atoms with E-state index in [1.165, 1.54) is 18.3 Å². The lowest BCUT2D eigenvalue weighted by atomic mass is 10.2. The maximum Gasteiger partial charge on any atom is 0.491 e. The molecule has 2 heterocycles. The second-order valence-corrected chi connectivity index (χ2v) is 5.76. The molecule has 2 aromatic heterocycles. The Morgan fingerprint density at radius 3 is 2.46 bits per heavy atom. The van der Waals surface area contributed by atoms with Crippen LogP contribution in [0.25, 0.3) is 22.9 Å². The molecule has 10 heteroatoms. The summed E-state index contributed by atoms with van der Waals surface area (Å²) in [5.74, 6) is -2.90. The standard InChI is InChI=1S/C16H10F3N3O3S/c1-26-10-6-4-9(5-7-10)12-21-22-14(24-12)11-3-2-8-20-13(11)25-15(23)16(17,18)19/h2-8H,1H3. The van der Waals surface area contributed by atoms with E-state index in [1.54, 1.807) is 23.9 Å². The Kier molecular flexibility index (Phi) is 4.94. The SMILES string of the molecule is CSc1ccc(-c2nnc(-c3cccnc3OC(=O)C(F)(F)F)o2)cc1. The molecule has 0 aliphatic carbocycles. The van der Waals surface area contributed by atoms with E-state index in [0.29, 0.717) is 5.56 Å². The van der Waals surface area contributed by atoms with Gasteiger partial charge in [0.2, 0.25) is 11.8 Å². The van der Waals surface area contributed by atoms with Gasteiger partial charge in [0.25, 0.3) is 5.89 Å². The first-order valence-corrected chi connectivity index (χ1v) is 8.33. The van der Waals surface area contributed by atoms with E-state index in [1.807, 2.05) is 18.4 Å². The molecule has 0 radical (unpaired) electrons. The van der Waals surface area contributed by atoms with Crippen molar-refractivity contribution in [1.82, 2.24) is 15.2 Å². The summed E-state index contributed by atoms with van der Waals surface area (Å²) in [6.07, 6.45) is -2.03. The number of rotatable bonds is 4. The number of esters is 1. The van der Waals surface area contributed by atoms with E-state index >= 15 is 0 Å². The lowest BCUT2D eigenvalue weighted by molar-refractivity contribution is -0.189. The van der Waals surface area contributed by atoms with Gasteiger partial charge < -0.3 is 9.15 Å². The minimum atomic E-state index is -5.15. The third kappa shape index (κ3) is 3.85. The molecule has 0 spiro atoms. The number of carbonyl (C=O) groups is 1. The predicted molar refractivity (Wildman–Crippen MR) is 86.4 cm³/mol. The molecule has 6 nitrogen and oxygen atoms in total. The van der Waals surface area contributed by atoms with Gasteiger partial charge in [0, 0.05) is 16.7 Å². The van der Waals surface area contributed by atoms with Crippen molar-refractivity contribution < 1.29 is 27.1 Å². The molecule has 0 saturated heterocycles. The number of pyridine rings is 1. The maximum absolute atomic E-state index is 12.4. The Morgan fingerprint density at radius 1 is 1.12 bits per heavy atom. The summed E-state index contributed by atoms with van der Waals surface area (Å²) in [5, 5.41) is 7.67. The zero-order chi connectivity index (χ0) is 18.7. The lowest BCUT2D eigenvalue weighted by Crippen LogP contribution is -2.28.